The van der Waals surface area contributed by atoms with Crippen molar-refractivity contribution < 1.29 is 9.53 Å². The zero-order valence-electron chi connectivity index (χ0n) is 14.4. The minimum absolute atomic E-state index is 0.0229. The predicted octanol–water partition coefficient (Wildman–Crippen LogP) is 5.66. The van der Waals surface area contributed by atoms with Crippen molar-refractivity contribution in [2.24, 2.45) is 17.8 Å². The van der Waals surface area contributed by atoms with E-state index in [9.17, 15) is 4.79 Å². The van der Waals surface area contributed by atoms with Gasteiger partial charge in [0.2, 0.25) is 0 Å². The first-order valence-electron chi connectivity index (χ1n) is 9.63. The summed E-state index contributed by atoms with van der Waals surface area (Å²) in [7, 11) is 0. The van der Waals surface area contributed by atoms with E-state index in [1.807, 2.05) is 0 Å². The monoisotopic (exact) mass is 306 g/mol. The van der Waals surface area contributed by atoms with Gasteiger partial charge in [0.15, 0.2) is 0 Å². The number of allylic oxidation sites excluding steroid dienone is 2. The Bertz CT molecular complexity index is 348. The minimum atomic E-state index is 0.0229. The molecule has 0 aromatic rings. The fourth-order valence-electron chi connectivity index (χ4n) is 3.94. The largest absolute Gasteiger partial charge is 0.465 e. The number of esters is 1. The molecule has 1 saturated carbocycles. The number of carbonyl (C=O) groups excluding carboxylic acids is 1. The SMILES string of the molecule is CCCCCCCCCCCC(=O)OC[C@H]1C[C@@H]2C=C[C@H]1C2. The fourth-order valence-corrected chi connectivity index (χ4v) is 3.94. The van der Waals surface area contributed by atoms with Crippen LogP contribution < -0.4 is 0 Å². The highest BCUT2D eigenvalue weighted by Crippen LogP contribution is 2.43. The molecule has 22 heavy (non-hydrogen) atoms. The number of rotatable bonds is 12. The lowest BCUT2D eigenvalue weighted by Crippen LogP contribution is -2.17. The van der Waals surface area contributed by atoms with Gasteiger partial charge in [-0.05, 0) is 37.0 Å². The molecule has 0 saturated heterocycles. The van der Waals surface area contributed by atoms with Gasteiger partial charge < -0.3 is 4.74 Å². The number of ether oxygens (including phenoxy) is 1. The molecule has 2 bridgehead atoms. The molecule has 2 heteroatoms. The number of hydrogen-bond acceptors (Lipinski definition) is 2. The summed E-state index contributed by atoms with van der Waals surface area (Å²) in [6.45, 7) is 2.91. The second kappa shape index (κ2) is 10.1. The van der Waals surface area contributed by atoms with Crippen molar-refractivity contribution in [1.29, 1.82) is 0 Å². The molecule has 0 spiro atoms. The summed E-state index contributed by atoms with van der Waals surface area (Å²) in [4.78, 5) is 11.8. The first kappa shape index (κ1) is 17.6. The van der Waals surface area contributed by atoms with Crippen LogP contribution in [0, 0.1) is 17.8 Å². The molecule has 2 nitrogen and oxygen atoms in total. The standard InChI is InChI=1S/C20H34O2/c1-2-3-4-5-6-7-8-9-10-11-20(21)22-16-19-15-17-12-13-18(19)14-17/h12-13,17-19H,2-11,14-16H2,1H3/t17-,18+,19-/m1/s1. The first-order chi connectivity index (χ1) is 10.8. The molecule has 0 aromatic carbocycles. The molecule has 0 heterocycles. The Balaban J connectivity index is 1.38. The summed E-state index contributed by atoms with van der Waals surface area (Å²) in [5.41, 5.74) is 0. The lowest BCUT2D eigenvalue weighted by Gasteiger charge is -2.17. The average Bonchev–Trinajstić information content (AvgIpc) is 3.14. The molecular weight excluding hydrogens is 272 g/mol. The molecule has 0 amide bonds. The van der Waals surface area contributed by atoms with Gasteiger partial charge in [-0.3, -0.25) is 4.79 Å². The van der Waals surface area contributed by atoms with E-state index >= 15 is 0 Å². The lowest BCUT2D eigenvalue weighted by atomic mass is 9.95. The zero-order valence-corrected chi connectivity index (χ0v) is 14.4. The molecule has 0 unspecified atom stereocenters. The highest BCUT2D eigenvalue weighted by Gasteiger charge is 2.36. The van der Waals surface area contributed by atoms with Crippen molar-refractivity contribution in [2.75, 3.05) is 6.61 Å². The Morgan fingerprint density at radius 3 is 2.23 bits per heavy atom. The van der Waals surface area contributed by atoms with Crippen LogP contribution in [0.3, 0.4) is 0 Å². The zero-order chi connectivity index (χ0) is 15.6. The van der Waals surface area contributed by atoms with Crippen LogP contribution in [0.25, 0.3) is 0 Å². The van der Waals surface area contributed by atoms with Gasteiger partial charge in [0.05, 0.1) is 6.61 Å². The predicted molar refractivity (Wildman–Crippen MR) is 91.6 cm³/mol. The second-order valence-electron chi connectivity index (χ2n) is 7.30. The van der Waals surface area contributed by atoms with Gasteiger partial charge in [0, 0.05) is 6.42 Å². The number of fused-ring (bicyclic) bond motifs is 2. The van der Waals surface area contributed by atoms with E-state index in [2.05, 4.69) is 19.1 Å². The van der Waals surface area contributed by atoms with Gasteiger partial charge in [0.25, 0.3) is 0 Å². The average molecular weight is 306 g/mol. The van der Waals surface area contributed by atoms with Crippen molar-refractivity contribution in [2.45, 2.75) is 84.0 Å². The van der Waals surface area contributed by atoms with E-state index < -0.39 is 0 Å². The van der Waals surface area contributed by atoms with Crippen LogP contribution in [-0.4, -0.2) is 12.6 Å². The van der Waals surface area contributed by atoms with Crippen LogP contribution in [0.15, 0.2) is 12.2 Å². The lowest BCUT2D eigenvalue weighted by molar-refractivity contribution is -0.145. The Kier molecular flexibility index (Phi) is 8.04. The third kappa shape index (κ3) is 6.14. The first-order valence-corrected chi connectivity index (χ1v) is 9.63. The van der Waals surface area contributed by atoms with Crippen molar-refractivity contribution in [1.82, 2.24) is 0 Å². The van der Waals surface area contributed by atoms with Gasteiger partial charge in [-0.25, -0.2) is 0 Å². The van der Waals surface area contributed by atoms with Crippen LogP contribution >= 0.6 is 0 Å². The second-order valence-corrected chi connectivity index (χ2v) is 7.30. The molecule has 3 atom stereocenters. The van der Waals surface area contributed by atoms with Gasteiger partial charge in [0.1, 0.15) is 0 Å². The van der Waals surface area contributed by atoms with Crippen LogP contribution in [0.2, 0.25) is 0 Å². The Labute approximate surface area is 136 Å². The summed E-state index contributed by atoms with van der Waals surface area (Å²) < 4.78 is 5.48. The molecular formula is C20H34O2. The summed E-state index contributed by atoms with van der Waals surface area (Å²) in [5, 5.41) is 0. The molecule has 0 N–H and O–H groups in total. The van der Waals surface area contributed by atoms with E-state index in [4.69, 9.17) is 4.74 Å². The van der Waals surface area contributed by atoms with Gasteiger partial charge in [-0.2, -0.15) is 0 Å². The summed E-state index contributed by atoms with van der Waals surface area (Å²) in [6.07, 6.45) is 19.4. The summed E-state index contributed by atoms with van der Waals surface area (Å²) in [6, 6.07) is 0. The smallest absolute Gasteiger partial charge is 0.305 e. The molecule has 2 aliphatic carbocycles. The van der Waals surface area contributed by atoms with E-state index in [1.54, 1.807) is 0 Å². The fraction of sp³-hybridized carbons (Fsp3) is 0.850. The van der Waals surface area contributed by atoms with Crippen LogP contribution in [0.4, 0.5) is 0 Å². The van der Waals surface area contributed by atoms with Gasteiger partial charge >= 0.3 is 5.97 Å². The number of carbonyl (C=O) groups is 1. The topological polar surface area (TPSA) is 26.3 Å². The molecule has 0 aromatic heterocycles. The Hall–Kier alpha value is -0.790. The van der Waals surface area contributed by atoms with E-state index in [0.29, 0.717) is 24.9 Å². The van der Waals surface area contributed by atoms with E-state index in [1.165, 1.54) is 64.2 Å². The highest BCUT2D eigenvalue weighted by molar-refractivity contribution is 5.69. The third-order valence-corrected chi connectivity index (χ3v) is 5.36. The van der Waals surface area contributed by atoms with Gasteiger partial charge in [-0.1, -0.05) is 70.4 Å². The van der Waals surface area contributed by atoms with E-state index in [-0.39, 0.29) is 5.97 Å². The third-order valence-electron chi connectivity index (χ3n) is 5.36. The van der Waals surface area contributed by atoms with Crippen LogP contribution in [-0.2, 0) is 9.53 Å². The highest BCUT2D eigenvalue weighted by atomic mass is 16.5. The minimum Gasteiger partial charge on any atom is -0.465 e. The maximum atomic E-state index is 11.8. The molecule has 2 aliphatic rings. The van der Waals surface area contributed by atoms with E-state index in [0.717, 1.165) is 12.3 Å². The summed E-state index contributed by atoms with van der Waals surface area (Å²) >= 11 is 0. The molecule has 0 aliphatic heterocycles. The molecule has 0 radical (unpaired) electrons. The maximum absolute atomic E-state index is 11.8. The normalized spacial score (nSPS) is 25.8. The summed E-state index contributed by atoms with van der Waals surface area (Å²) in [5.74, 6) is 2.08. The van der Waals surface area contributed by atoms with Crippen molar-refractivity contribution in [3.8, 4) is 0 Å². The number of unbranched alkanes of at least 4 members (excludes halogenated alkanes) is 8. The quantitative estimate of drug-likeness (QED) is 0.264. The molecule has 1 fully saturated rings. The molecule has 126 valence electrons. The van der Waals surface area contributed by atoms with Crippen LogP contribution in [0.1, 0.15) is 84.0 Å². The number of hydrogen-bond donors (Lipinski definition) is 0. The molecule has 2 rings (SSSR count). The van der Waals surface area contributed by atoms with Crippen molar-refractivity contribution in [3.05, 3.63) is 12.2 Å². The Morgan fingerprint density at radius 2 is 1.64 bits per heavy atom. The maximum Gasteiger partial charge on any atom is 0.305 e. The van der Waals surface area contributed by atoms with Crippen molar-refractivity contribution in [3.63, 3.8) is 0 Å². The van der Waals surface area contributed by atoms with Gasteiger partial charge in [-0.15, -0.1) is 0 Å². The van der Waals surface area contributed by atoms with Crippen molar-refractivity contribution >= 4 is 5.97 Å². The van der Waals surface area contributed by atoms with Crippen LogP contribution in [0.5, 0.6) is 0 Å². The Morgan fingerprint density at radius 1 is 0.955 bits per heavy atom.